The second-order valence-electron chi connectivity index (χ2n) is 6.91. The Labute approximate surface area is 124 Å². The van der Waals surface area contributed by atoms with Gasteiger partial charge in [-0.05, 0) is 37.6 Å². The van der Waals surface area contributed by atoms with Gasteiger partial charge in [0.05, 0.1) is 0 Å². The van der Waals surface area contributed by atoms with Crippen LogP contribution in [0.25, 0.3) is 0 Å². The van der Waals surface area contributed by atoms with E-state index in [1.54, 1.807) is 0 Å². The van der Waals surface area contributed by atoms with E-state index in [-0.39, 0.29) is 0 Å². The molecule has 0 aromatic heterocycles. The smallest absolute Gasteiger partial charge is 0.191 e. The van der Waals surface area contributed by atoms with Gasteiger partial charge in [-0.2, -0.15) is 0 Å². The first kappa shape index (κ1) is 15.6. The maximum absolute atomic E-state index is 6.17. The lowest BCUT2D eigenvalue weighted by Crippen LogP contribution is -2.38. The highest BCUT2D eigenvalue weighted by Crippen LogP contribution is 2.18. The second kappa shape index (κ2) is 7.87. The minimum absolute atomic E-state index is 0.708. The minimum atomic E-state index is 0.708. The van der Waals surface area contributed by atoms with Crippen LogP contribution in [0.2, 0.25) is 0 Å². The Morgan fingerprint density at radius 1 is 1.15 bits per heavy atom. The Kier molecular flexibility index (Phi) is 6.14. The standard InChI is InChI=1S/C16H32N4/c1-14(2)12-19-10-7-15(13-19)11-18-16(17)20-8-5-3-4-6-9-20/h14-15H,3-13H2,1-2H3,(H2,17,18)/t15-/m0/s1. The molecule has 0 aromatic rings. The summed E-state index contributed by atoms with van der Waals surface area (Å²) >= 11 is 0. The zero-order chi connectivity index (χ0) is 14.4. The number of nitrogens with zero attached hydrogens (tertiary/aromatic N) is 3. The molecule has 0 bridgehead atoms. The van der Waals surface area contributed by atoms with Crippen molar-refractivity contribution in [3.05, 3.63) is 0 Å². The quantitative estimate of drug-likeness (QED) is 0.634. The van der Waals surface area contributed by atoms with Crippen LogP contribution in [0.5, 0.6) is 0 Å². The molecule has 0 spiro atoms. The Bertz CT molecular complexity index is 306. The Morgan fingerprint density at radius 2 is 1.85 bits per heavy atom. The zero-order valence-corrected chi connectivity index (χ0v) is 13.4. The molecule has 1 atom stereocenters. The Hall–Kier alpha value is -0.770. The van der Waals surface area contributed by atoms with Crippen molar-refractivity contribution in [2.24, 2.45) is 22.6 Å². The van der Waals surface area contributed by atoms with Crippen molar-refractivity contribution in [2.45, 2.75) is 46.0 Å². The molecule has 2 aliphatic heterocycles. The van der Waals surface area contributed by atoms with Crippen molar-refractivity contribution in [3.8, 4) is 0 Å². The number of guanidine groups is 1. The van der Waals surface area contributed by atoms with Crippen LogP contribution in [0.3, 0.4) is 0 Å². The first-order chi connectivity index (χ1) is 9.65. The number of nitrogens with two attached hydrogens (primary N) is 1. The molecule has 0 amide bonds. The summed E-state index contributed by atoms with van der Waals surface area (Å²) in [5.41, 5.74) is 6.17. The van der Waals surface area contributed by atoms with Crippen molar-refractivity contribution in [2.75, 3.05) is 39.3 Å². The van der Waals surface area contributed by atoms with Gasteiger partial charge in [0.1, 0.15) is 0 Å². The van der Waals surface area contributed by atoms with Gasteiger partial charge in [-0.25, -0.2) is 0 Å². The Balaban J connectivity index is 1.74. The SMILES string of the molecule is CC(C)CN1CC[C@@H](CN=C(N)N2CCCCCC2)C1. The van der Waals surface area contributed by atoms with E-state index in [9.17, 15) is 0 Å². The van der Waals surface area contributed by atoms with E-state index in [1.807, 2.05) is 0 Å². The highest BCUT2D eigenvalue weighted by atomic mass is 15.3. The van der Waals surface area contributed by atoms with Gasteiger partial charge < -0.3 is 15.5 Å². The van der Waals surface area contributed by atoms with Gasteiger partial charge in [-0.3, -0.25) is 4.99 Å². The van der Waals surface area contributed by atoms with Crippen molar-refractivity contribution in [3.63, 3.8) is 0 Å². The van der Waals surface area contributed by atoms with Gasteiger partial charge in [0, 0.05) is 32.7 Å². The molecule has 2 aliphatic rings. The third-order valence-corrected chi connectivity index (χ3v) is 4.43. The molecular weight excluding hydrogens is 248 g/mol. The fourth-order valence-corrected chi connectivity index (χ4v) is 3.37. The predicted octanol–water partition coefficient (Wildman–Crippen LogP) is 2.16. The third-order valence-electron chi connectivity index (χ3n) is 4.43. The molecule has 2 saturated heterocycles. The summed E-state index contributed by atoms with van der Waals surface area (Å²) in [6.45, 7) is 11.4. The second-order valence-corrected chi connectivity index (χ2v) is 6.91. The van der Waals surface area contributed by atoms with Gasteiger partial charge >= 0.3 is 0 Å². The van der Waals surface area contributed by atoms with E-state index >= 15 is 0 Å². The maximum atomic E-state index is 6.17. The molecule has 2 heterocycles. The summed E-state index contributed by atoms with van der Waals surface area (Å²) in [4.78, 5) is 9.54. The van der Waals surface area contributed by atoms with E-state index in [0.717, 1.165) is 31.5 Å². The summed E-state index contributed by atoms with van der Waals surface area (Å²) in [6.07, 6.45) is 6.50. The lowest BCUT2D eigenvalue weighted by molar-refractivity contribution is 0.288. The number of hydrogen-bond acceptors (Lipinski definition) is 2. The van der Waals surface area contributed by atoms with Crippen LogP contribution in [-0.2, 0) is 0 Å². The molecule has 0 unspecified atom stereocenters. The molecule has 0 saturated carbocycles. The van der Waals surface area contributed by atoms with Crippen molar-refractivity contribution in [1.29, 1.82) is 0 Å². The number of rotatable bonds is 4. The fourth-order valence-electron chi connectivity index (χ4n) is 3.37. The van der Waals surface area contributed by atoms with E-state index in [4.69, 9.17) is 5.73 Å². The average Bonchev–Trinajstić information content (AvgIpc) is 2.67. The summed E-state index contributed by atoms with van der Waals surface area (Å²) in [7, 11) is 0. The van der Waals surface area contributed by atoms with Crippen LogP contribution in [0.1, 0.15) is 46.0 Å². The Morgan fingerprint density at radius 3 is 2.50 bits per heavy atom. The van der Waals surface area contributed by atoms with E-state index in [0.29, 0.717) is 5.92 Å². The normalized spacial score (nSPS) is 26.2. The van der Waals surface area contributed by atoms with Gasteiger partial charge in [0.15, 0.2) is 5.96 Å². The fraction of sp³-hybridized carbons (Fsp3) is 0.938. The topological polar surface area (TPSA) is 44.9 Å². The molecule has 20 heavy (non-hydrogen) atoms. The van der Waals surface area contributed by atoms with Gasteiger partial charge in [-0.15, -0.1) is 0 Å². The van der Waals surface area contributed by atoms with Gasteiger partial charge in [-0.1, -0.05) is 26.7 Å². The molecule has 4 heteroatoms. The van der Waals surface area contributed by atoms with Crippen molar-refractivity contribution in [1.82, 2.24) is 9.80 Å². The van der Waals surface area contributed by atoms with Gasteiger partial charge in [0.25, 0.3) is 0 Å². The predicted molar refractivity (Wildman–Crippen MR) is 85.9 cm³/mol. The minimum Gasteiger partial charge on any atom is -0.370 e. The van der Waals surface area contributed by atoms with Crippen molar-refractivity contribution >= 4 is 5.96 Å². The third kappa shape index (κ3) is 4.97. The van der Waals surface area contributed by atoms with Crippen LogP contribution in [0.4, 0.5) is 0 Å². The maximum Gasteiger partial charge on any atom is 0.191 e. The molecule has 2 N–H and O–H groups in total. The van der Waals surface area contributed by atoms with Crippen LogP contribution in [0, 0.1) is 11.8 Å². The van der Waals surface area contributed by atoms with Gasteiger partial charge in [0.2, 0.25) is 0 Å². The number of hydrogen-bond donors (Lipinski definition) is 1. The number of aliphatic imine (C=N–C) groups is 1. The van der Waals surface area contributed by atoms with Crippen LogP contribution < -0.4 is 5.73 Å². The first-order valence-electron chi connectivity index (χ1n) is 8.42. The molecule has 0 radical (unpaired) electrons. The highest BCUT2D eigenvalue weighted by Gasteiger charge is 2.22. The molecule has 4 nitrogen and oxygen atoms in total. The summed E-state index contributed by atoms with van der Waals surface area (Å²) in [6, 6.07) is 0. The zero-order valence-electron chi connectivity index (χ0n) is 13.4. The van der Waals surface area contributed by atoms with Crippen molar-refractivity contribution < 1.29 is 0 Å². The molecule has 116 valence electrons. The summed E-state index contributed by atoms with van der Waals surface area (Å²) < 4.78 is 0. The molecule has 2 fully saturated rings. The highest BCUT2D eigenvalue weighted by molar-refractivity contribution is 5.78. The average molecular weight is 280 g/mol. The first-order valence-corrected chi connectivity index (χ1v) is 8.42. The summed E-state index contributed by atoms with van der Waals surface area (Å²) in [5, 5.41) is 0. The van der Waals surface area contributed by atoms with Crippen LogP contribution >= 0.6 is 0 Å². The molecular formula is C16H32N4. The lowest BCUT2D eigenvalue weighted by atomic mass is 10.1. The molecule has 0 aromatic carbocycles. The monoisotopic (exact) mass is 280 g/mol. The lowest BCUT2D eigenvalue weighted by Gasteiger charge is -2.21. The van der Waals surface area contributed by atoms with E-state index < -0.39 is 0 Å². The van der Waals surface area contributed by atoms with Crippen LogP contribution in [0.15, 0.2) is 4.99 Å². The summed E-state index contributed by atoms with van der Waals surface area (Å²) in [5.74, 6) is 2.26. The van der Waals surface area contributed by atoms with Crippen LogP contribution in [-0.4, -0.2) is 55.0 Å². The van der Waals surface area contributed by atoms with E-state index in [2.05, 4.69) is 28.6 Å². The molecule has 2 rings (SSSR count). The molecule has 0 aliphatic carbocycles. The van der Waals surface area contributed by atoms with E-state index in [1.165, 1.54) is 51.7 Å². The number of likely N-dealkylation sites (tertiary alicyclic amines) is 2. The largest absolute Gasteiger partial charge is 0.370 e.